The number of aryl methyl sites for hydroxylation is 1. The maximum absolute atomic E-state index is 12.4. The first-order valence-corrected chi connectivity index (χ1v) is 9.25. The molecule has 0 fully saturated rings. The molecule has 0 unspecified atom stereocenters. The highest BCUT2D eigenvalue weighted by atomic mass is 16.2. The van der Waals surface area contributed by atoms with Crippen molar-refractivity contribution < 1.29 is 9.59 Å². The van der Waals surface area contributed by atoms with Crippen LogP contribution in [0.15, 0.2) is 59.5 Å². The van der Waals surface area contributed by atoms with E-state index in [2.05, 4.69) is 26.0 Å². The number of nitrogens with one attached hydrogen (secondary N) is 4. The Morgan fingerprint density at radius 1 is 0.931 bits per heavy atom. The lowest BCUT2D eigenvalue weighted by molar-refractivity contribution is -0.121. The van der Waals surface area contributed by atoms with Gasteiger partial charge in [0.1, 0.15) is 0 Å². The number of rotatable bonds is 5. The van der Waals surface area contributed by atoms with Crippen molar-refractivity contribution >= 4 is 33.5 Å². The minimum absolute atomic E-state index is 0.0410. The van der Waals surface area contributed by atoms with Crippen LogP contribution >= 0.6 is 0 Å². The van der Waals surface area contributed by atoms with E-state index in [0.717, 1.165) is 22.9 Å². The first kappa shape index (κ1) is 18.4. The molecular weight excluding hydrogens is 370 g/mol. The number of para-hydroxylation sites is 1. The molecule has 0 aliphatic rings. The van der Waals surface area contributed by atoms with Crippen molar-refractivity contribution in [1.29, 1.82) is 0 Å². The molecule has 29 heavy (non-hydrogen) atoms. The highest BCUT2D eigenvalue weighted by molar-refractivity contribution is 6.05. The Kier molecular flexibility index (Phi) is 5.07. The molecule has 146 valence electrons. The lowest BCUT2D eigenvalue weighted by Crippen LogP contribution is -2.42. The van der Waals surface area contributed by atoms with Gasteiger partial charge >= 0.3 is 0 Å². The van der Waals surface area contributed by atoms with Gasteiger partial charge in [-0.1, -0.05) is 36.4 Å². The summed E-state index contributed by atoms with van der Waals surface area (Å²) in [5, 5.41) is 8.03. The Morgan fingerprint density at radius 2 is 1.66 bits per heavy atom. The quantitative estimate of drug-likeness (QED) is 0.391. The van der Waals surface area contributed by atoms with Crippen molar-refractivity contribution in [3.63, 3.8) is 0 Å². The standard InChI is InChI=1S/C21H19N5O3/c27-18(11-5-6-13-12-22-17-10-4-3-7-14(13)17)23-26-21(29)19-15-8-1-2-9-16(15)20(28)25-24-19/h1-4,7-10,12,22H,5-6,11H2,(H,23,27)(H,25,28)(H,26,29). The Labute approximate surface area is 165 Å². The van der Waals surface area contributed by atoms with E-state index in [1.165, 1.54) is 0 Å². The minimum Gasteiger partial charge on any atom is -0.361 e. The molecule has 0 aliphatic carbocycles. The first-order valence-electron chi connectivity index (χ1n) is 9.25. The summed E-state index contributed by atoms with van der Waals surface area (Å²) in [6.45, 7) is 0. The largest absolute Gasteiger partial charge is 0.361 e. The van der Waals surface area contributed by atoms with Crippen LogP contribution in [0.1, 0.15) is 28.9 Å². The van der Waals surface area contributed by atoms with E-state index in [1.54, 1.807) is 24.3 Å². The van der Waals surface area contributed by atoms with Crippen LogP contribution in [0.2, 0.25) is 0 Å². The van der Waals surface area contributed by atoms with Crippen LogP contribution in [0.4, 0.5) is 0 Å². The molecule has 4 N–H and O–H groups in total. The van der Waals surface area contributed by atoms with Gasteiger partial charge in [0.2, 0.25) is 5.91 Å². The number of benzene rings is 2. The Bertz CT molecular complexity index is 1260. The lowest BCUT2D eigenvalue weighted by atomic mass is 10.1. The number of aromatic nitrogens is 3. The fourth-order valence-electron chi connectivity index (χ4n) is 3.31. The van der Waals surface area contributed by atoms with Crippen molar-refractivity contribution in [3.05, 3.63) is 76.3 Å². The number of hydrogen-bond acceptors (Lipinski definition) is 4. The smallest absolute Gasteiger partial charge is 0.290 e. The number of H-pyrrole nitrogens is 2. The van der Waals surface area contributed by atoms with Crippen molar-refractivity contribution in [3.8, 4) is 0 Å². The molecule has 8 heteroatoms. The summed E-state index contributed by atoms with van der Waals surface area (Å²) < 4.78 is 0. The van der Waals surface area contributed by atoms with Gasteiger partial charge in [-0.2, -0.15) is 5.10 Å². The summed E-state index contributed by atoms with van der Waals surface area (Å²) in [6, 6.07) is 14.7. The molecule has 0 saturated carbocycles. The molecule has 8 nitrogen and oxygen atoms in total. The number of amides is 2. The Hall–Kier alpha value is -3.94. The summed E-state index contributed by atoms with van der Waals surface area (Å²) in [6.07, 6.45) is 3.61. The normalized spacial score (nSPS) is 10.9. The topological polar surface area (TPSA) is 120 Å². The molecule has 0 atom stereocenters. The van der Waals surface area contributed by atoms with Crippen LogP contribution in [0.3, 0.4) is 0 Å². The van der Waals surface area contributed by atoms with Crippen LogP contribution in [0.5, 0.6) is 0 Å². The maximum atomic E-state index is 12.4. The summed E-state index contributed by atoms with van der Waals surface area (Å²) in [7, 11) is 0. The van der Waals surface area contributed by atoms with Crippen LogP contribution in [-0.2, 0) is 11.2 Å². The monoisotopic (exact) mass is 389 g/mol. The second-order valence-corrected chi connectivity index (χ2v) is 6.66. The van der Waals surface area contributed by atoms with Crippen molar-refractivity contribution in [2.24, 2.45) is 0 Å². The van der Waals surface area contributed by atoms with Gasteiger partial charge in [0.15, 0.2) is 5.69 Å². The summed E-state index contributed by atoms with van der Waals surface area (Å²) in [5.74, 6) is -0.894. The van der Waals surface area contributed by atoms with E-state index in [1.807, 2.05) is 30.5 Å². The van der Waals surface area contributed by atoms with E-state index >= 15 is 0 Å². The third kappa shape index (κ3) is 3.86. The van der Waals surface area contributed by atoms with Crippen LogP contribution in [0, 0.1) is 0 Å². The molecule has 0 spiro atoms. The predicted octanol–water partition coefficient (Wildman–Crippen LogP) is 2.19. The van der Waals surface area contributed by atoms with E-state index in [9.17, 15) is 14.4 Å². The minimum atomic E-state index is -0.595. The molecule has 0 radical (unpaired) electrons. The third-order valence-electron chi connectivity index (χ3n) is 4.75. The van der Waals surface area contributed by atoms with Crippen LogP contribution in [0.25, 0.3) is 21.7 Å². The number of hydrogen-bond donors (Lipinski definition) is 4. The van der Waals surface area contributed by atoms with E-state index in [0.29, 0.717) is 17.2 Å². The molecule has 4 aromatic rings. The number of nitrogens with zero attached hydrogens (tertiary/aromatic N) is 1. The number of carbonyl (C=O) groups is 2. The third-order valence-corrected chi connectivity index (χ3v) is 4.75. The van der Waals surface area contributed by atoms with Crippen molar-refractivity contribution in [2.75, 3.05) is 0 Å². The van der Waals surface area contributed by atoms with Crippen LogP contribution < -0.4 is 16.4 Å². The highest BCUT2D eigenvalue weighted by Gasteiger charge is 2.14. The van der Waals surface area contributed by atoms with Crippen LogP contribution in [-0.4, -0.2) is 27.0 Å². The van der Waals surface area contributed by atoms with Gasteiger partial charge in [0, 0.05) is 28.9 Å². The molecule has 2 aromatic heterocycles. The molecule has 0 saturated heterocycles. The molecule has 2 amide bonds. The Balaban J connectivity index is 1.32. The second-order valence-electron chi connectivity index (χ2n) is 6.66. The zero-order valence-electron chi connectivity index (χ0n) is 15.5. The average Bonchev–Trinajstić information content (AvgIpc) is 3.16. The molecule has 0 bridgehead atoms. The number of fused-ring (bicyclic) bond motifs is 2. The zero-order valence-corrected chi connectivity index (χ0v) is 15.5. The van der Waals surface area contributed by atoms with Gasteiger partial charge in [-0.3, -0.25) is 25.2 Å². The number of aromatic amines is 2. The van der Waals surface area contributed by atoms with Gasteiger partial charge in [0.05, 0.1) is 5.39 Å². The Morgan fingerprint density at radius 3 is 2.48 bits per heavy atom. The van der Waals surface area contributed by atoms with Gasteiger partial charge < -0.3 is 4.98 Å². The van der Waals surface area contributed by atoms with E-state index < -0.39 is 5.91 Å². The van der Waals surface area contributed by atoms with Gasteiger partial charge in [0.25, 0.3) is 11.5 Å². The van der Waals surface area contributed by atoms with E-state index in [4.69, 9.17) is 0 Å². The SMILES string of the molecule is O=C(CCCc1c[nH]c2ccccc12)NNC(=O)c1n[nH]c(=O)c2ccccc12. The van der Waals surface area contributed by atoms with Crippen molar-refractivity contribution in [1.82, 2.24) is 26.0 Å². The molecule has 0 aliphatic heterocycles. The molecule has 2 heterocycles. The number of carbonyl (C=O) groups excluding carboxylic acids is 2. The fraction of sp³-hybridized carbons (Fsp3) is 0.143. The van der Waals surface area contributed by atoms with E-state index in [-0.39, 0.29) is 23.6 Å². The first-order chi connectivity index (χ1) is 14.1. The summed E-state index contributed by atoms with van der Waals surface area (Å²) in [4.78, 5) is 39.5. The maximum Gasteiger partial charge on any atom is 0.290 e. The van der Waals surface area contributed by atoms with Gasteiger partial charge in [-0.15, -0.1) is 0 Å². The summed E-state index contributed by atoms with van der Waals surface area (Å²) >= 11 is 0. The molecular formula is C21H19N5O3. The number of hydrazine groups is 1. The molecule has 4 rings (SSSR count). The fourth-order valence-corrected chi connectivity index (χ4v) is 3.31. The predicted molar refractivity (Wildman–Crippen MR) is 109 cm³/mol. The summed E-state index contributed by atoms with van der Waals surface area (Å²) in [5.41, 5.74) is 6.64. The average molecular weight is 389 g/mol. The zero-order chi connectivity index (χ0) is 20.2. The van der Waals surface area contributed by atoms with Crippen molar-refractivity contribution in [2.45, 2.75) is 19.3 Å². The highest BCUT2D eigenvalue weighted by Crippen LogP contribution is 2.19. The lowest BCUT2D eigenvalue weighted by Gasteiger charge is -2.08. The second kappa shape index (κ2) is 7.97. The van der Waals surface area contributed by atoms with Gasteiger partial charge in [-0.25, -0.2) is 5.10 Å². The molecule has 2 aromatic carbocycles. The van der Waals surface area contributed by atoms with Gasteiger partial charge in [-0.05, 0) is 30.5 Å².